The highest BCUT2D eigenvalue weighted by Crippen LogP contribution is 2.26. The molecule has 2 rings (SSSR count). The Morgan fingerprint density at radius 2 is 1.95 bits per heavy atom. The Morgan fingerprint density at radius 1 is 1.29 bits per heavy atom. The maximum absolute atomic E-state index is 12.8. The van der Waals surface area contributed by atoms with Crippen molar-refractivity contribution in [3.05, 3.63) is 0 Å². The quantitative estimate of drug-likeness (QED) is 0.818. The third-order valence-corrected chi connectivity index (χ3v) is 5.34. The fourth-order valence-electron chi connectivity index (χ4n) is 3.69. The second-order valence-corrected chi connectivity index (χ2v) is 7.04. The van der Waals surface area contributed by atoms with E-state index in [0.717, 1.165) is 25.8 Å². The zero-order valence-electron chi connectivity index (χ0n) is 14.3. The molecule has 2 fully saturated rings. The Labute approximate surface area is 130 Å². The van der Waals surface area contributed by atoms with Crippen LogP contribution < -0.4 is 5.32 Å². The first kappa shape index (κ1) is 16.8. The summed E-state index contributed by atoms with van der Waals surface area (Å²) in [5.41, 5.74) is -0.360. The monoisotopic (exact) mass is 295 g/mol. The molecule has 3 unspecified atom stereocenters. The molecule has 0 aromatic rings. The normalized spacial score (nSPS) is 32.7. The lowest BCUT2D eigenvalue weighted by atomic mass is 9.99. The van der Waals surface area contributed by atoms with E-state index in [4.69, 9.17) is 0 Å². The molecule has 2 saturated heterocycles. The average molecular weight is 295 g/mol. The van der Waals surface area contributed by atoms with Crippen molar-refractivity contribution in [2.24, 2.45) is 0 Å². The Bertz CT molecular complexity index is 354. The SMILES string of the molecule is CCCC1NC(C)(CC)C(=O)N1CC(C)N1CCCCC1. The van der Waals surface area contributed by atoms with Gasteiger partial charge in [-0.1, -0.05) is 26.7 Å². The van der Waals surface area contributed by atoms with E-state index in [9.17, 15) is 4.79 Å². The zero-order chi connectivity index (χ0) is 15.5. The van der Waals surface area contributed by atoms with Gasteiger partial charge in [0.25, 0.3) is 0 Å². The summed E-state index contributed by atoms with van der Waals surface area (Å²) in [6.07, 6.45) is 7.22. The van der Waals surface area contributed by atoms with Crippen LogP contribution in [0.5, 0.6) is 0 Å². The third kappa shape index (κ3) is 3.59. The van der Waals surface area contributed by atoms with E-state index in [1.165, 1.54) is 32.4 Å². The molecule has 4 heteroatoms. The largest absolute Gasteiger partial charge is 0.324 e. The van der Waals surface area contributed by atoms with Crippen LogP contribution in [0.15, 0.2) is 0 Å². The van der Waals surface area contributed by atoms with Crippen LogP contribution in [0.2, 0.25) is 0 Å². The maximum atomic E-state index is 12.8. The fourth-order valence-corrected chi connectivity index (χ4v) is 3.69. The first-order valence-corrected chi connectivity index (χ1v) is 8.84. The first-order valence-electron chi connectivity index (χ1n) is 8.84. The minimum atomic E-state index is -0.360. The molecule has 0 spiro atoms. The van der Waals surface area contributed by atoms with E-state index >= 15 is 0 Å². The lowest BCUT2D eigenvalue weighted by Crippen LogP contribution is -2.48. The third-order valence-electron chi connectivity index (χ3n) is 5.34. The summed E-state index contributed by atoms with van der Waals surface area (Å²) in [5.74, 6) is 0.298. The number of hydrogen-bond acceptors (Lipinski definition) is 3. The molecule has 0 bridgehead atoms. The predicted molar refractivity (Wildman–Crippen MR) is 87.1 cm³/mol. The number of likely N-dealkylation sites (tertiary alicyclic amines) is 1. The highest BCUT2D eigenvalue weighted by molar-refractivity contribution is 5.88. The van der Waals surface area contributed by atoms with Crippen molar-refractivity contribution in [2.45, 2.75) is 84.0 Å². The zero-order valence-corrected chi connectivity index (χ0v) is 14.3. The van der Waals surface area contributed by atoms with Gasteiger partial charge in [0.05, 0.1) is 11.7 Å². The second kappa shape index (κ2) is 7.10. The van der Waals surface area contributed by atoms with E-state index in [1.54, 1.807) is 0 Å². The summed E-state index contributed by atoms with van der Waals surface area (Å²) < 4.78 is 0. The van der Waals surface area contributed by atoms with Crippen LogP contribution in [0.1, 0.15) is 66.2 Å². The van der Waals surface area contributed by atoms with Crippen molar-refractivity contribution in [3.8, 4) is 0 Å². The molecule has 0 saturated carbocycles. The number of carbonyl (C=O) groups is 1. The summed E-state index contributed by atoms with van der Waals surface area (Å²) in [7, 11) is 0. The van der Waals surface area contributed by atoms with Crippen LogP contribution in [0.4, 0.5) is 0 Å². The van der Waals surface area contributed by atoms with Gasteiger partial charge in [0.2, 0.25) is 5.91 Å². The van der Waals surface area contributed by atoms with Gasteiger partial charge in [-0.25, -0.2) is 0 Å². The van der Waals surface area contributed by atoms with Gasteiger partial charge in [-0.3, -0.25) is 15.0 Å². The fraction of sp³-hybridized carbons (Fsp3) is 0.941. The highest BCUT2D eigenvalue weighted by Gasteiger charge is 2.46. The number of hydrogen-bond donors (Lipinski definition) is 1. The van der Waals surface area contributed by atoms with Gasteiger partial charge >= 0.3 is 0 Å². The first-order chi connectivity index (χ1) is 10.0. The van der Waals surface area contributed by atoms with Crippen LogP contribution >= 0.6 is 0 Å². The number of piperidine rings is 1. The second-order valence-electron chi connectivity index (χ2n) is 7.04. The number of nitrogens with one attached hydrogen (secondary N) is 1. The van der Waals surface area contributed by atoms with Crippen molar-refractivity contribution in [3.63, 3.8) is 0 Å². The van der Waals surface area contributed by atoms with Crippen molar-refractivity contribution in [1.29, 1.82) is 0 Å². The molecule has 4 nitrogen and oxygen atoms in total. The molecule has 3 atom stereocenters. The van der Waals surface area contributed by atoms with Crippen LogP contribution in [-0.4, -0.2) is 53.1 Å². The van der Waals surface area contributed by atoms with Crippen LogP contribution in [0.25, 0.3) is 0 Å². The molecule has 1 N–H and O–H groups in total. The van der Waals surface area contributed by atoms with Crippen LogP contribution in [-0.2, 0) is 4.79 Å². The molecule has 1 amide bonds. The molecule has 21 heavy (non-hydrogen) atoms. The minimum absolute atomic E-state index is 0.222. The van der Waals surface area contributed by atoms with Crippen molar-refractivity contribution in [1.82, 2.24) is 15.1 Å². The molecular weight excluding hydrogens is 262 g/mol. The van der Waals surface area contributed by atoms with Crippen molar-refractivity contribution >= 4 is 5.91 Å². The number of nitrogens with zero attached hydrogens (tertiary/aromatic N) is 2. The molecule has 2 aliphatic heterocycles. The van der Waals surface area contributed by atoms with Gasteiger partial charge in [0.15, 0.2) is 0 Å². The molecule has 0 aromatic heterocycles. The number of amides is 1. The van der Waals surface area contributed by atoms with Gasteiger partial charge in [-0.15, -0.1) is 0 Å². The summed E-state index contributed by atoms with van der Waals surface area (Å²) in [4.78, 5) is 17.5. The van der Waals surface area contributed by atoms with Crippen LogP contribution in [0, 0.1) is 0 Å². The lowest BCUT2D eigenvalue weighted by Gasteiger charge is -2.36. The van der Waals surface area contributed by atoms with Gasteiger partial charge in [0.1, 0.15) is 0 Å². The van der Waals surface area contributed by atoms with Gasteiger partial charge in [-0.2, -0.15) is 0 Å². The molecule has 0 aliphatic carbocycles. The average Bonchev–Trinajstić information content (AvgIpc) is 2.74. The molecular formula is C17H33N3O. The van der Waals surface area contributed by atoms with Gasteiger partial charge in [-0.05, 0) is 52.6 Å². The van der Waals surface area contributed by atoms with E-state index in [-0.39, 0.29) is 11.7 Å². The standard InChI is InChI=1S/C17H33N3O/c1-5-10-15-18-17(4,6-2)16(21)20(15)13-14(3)19-11-8-7-9-12-19/h14-15,18H,5-13H2,1-4H3. The van der Waals surface area contributed by atoms with Crippen LogP contribution in [0.3, 0.4) is 0 Å². The smallest absolute Gasteiger partial charge is 0.243 e. The Morgan fingerprint density at radius 3 is 2.52 bits per heavy atom. The molecule has 0 aromatic carbocycles. The molecule has 0 radical (unpaired) electrons. The summed E-state index contributed by atoms with van der Waals surface area (Å²) in [5, 5.41) is 3.58. The predicted octanol–water partition coefficient (Wildman–Crippen LogP) is 2.59. The highest BCUT2D eigenvalue weighted by atomic mass is 16.2. The lowest BCUT2D eigenvalue weighted by molar-refractivity contribution is -0.133. The van der Waals surface area contributed by atoms with Crippen molar-refractivity contribution < 1.29 is 4.79 Å². The van der Waals surface area contributed by atoms with Gasteiger partial charge < -0.3 is 4.90 Å². The summed E-state index contributed by atoms with van der Waals surface area (Å²) >= 11 is 0. The summed E-state index contributed by atoms with van der Waals surface area (Å²) in [6, 6.07) is 0.467. The molecule has 122 valence electrons. The Hall–Kier alpha value is -0.610. The topological polar surface area (TPSA) is 35.6 Å². The Balaban J connectivity index is 2.02. The van der Waals surface area contributed by atoms with E-state index in [0.29, 0.717) is 11.9 Å². The minimum Gasteiger partial charge on any atom is -0.324 e. The molecule has 2 heterocycles. The number of rotatable bonds is 6. The van der Waals surface area contributed by atoms with E-state index in [2.05, 4.69) is 42.8 Å². The van der Waals surface area contributed by atoms with Crippen molar-refractivity contribution in [2.75, 3.05) is 19.6 Å². The summed E-state index contributed by atoms with van der Waals surface area (Å²) in [6.45, 7) is 11.9. The van der Waals surface area contributed by atoms with E-state index in [1.807, 2.05) is 0 Å². The Kier molecular flexibility index (Phi) is 5.67. The molecule has 2 aliphatic rings. The van der Waals surface area contributed by atoms with E-state index < -0.39 is 0 Å². The number of carbonyl (C=O) groups excluding carboxylic acids is 1. The maximum Gasteiger partial charge on any atom is 0.243 e. The van der Waals surface area contributed by atoms with Gasteiger partial charge in [0, 0.05) is 12.6 Å².